The number of pyridine rings is 2. The second-order valence-corrected chi connectivity index (χ2v) is 27.5. The van der Waals surface area contributed by atoms with Crippen LogP contribution in [0.5, 0.6) is 0 Å². The zero-order chi connectivity index (χ0) is 41.7. The smallest absolute Gasteiger partial charge is 0 e. The Labute approximate surface area is 378 Å². The minimum atomic E-state index is -1.72. The van der Waals surface area contributed by atoms with Gasteiger partial charge in [-0.1, -0.05) is 116 Å². The average molecular weight is 1040 g/mol. The fourth-order valence-electron chi connectivity index (χ4n) is 8.50. The summed E-state index contributed by atoms with van der Waals surface area (Å²) in [6, 6.07) is 63.3. The third-order valence-corrected chi connectivity index (χ3v) is 15.8. The molecule has 0 saturated heterocycles. The number of hydrogen-bond acceptors (Lipinski definition) is 4. The number of fused-ring (bicyclic) bond motifs is 7. The summed E-state index contributed by atoms with van der Waals surface area (Å²) in [6.07, 6.45) is 2.04. The fourth-order valence-corrected chi connectivity index (χ4v) is 10.7. The fraction of sp³-hybridized carbons (Fsp3) is 0.109. The summed E-state index contributed by atoms with van der Waals surface area (Å²) < 4.78 is 10.4. The van der Waals surface area contributed by atoms with Crippen LogP contribution in [-0.4, -0.2) is 32.8 Å². The zero-order valence-corrected chi connectivity index (χ0v) is 39.8. The van der Waals surface area contributed by atoms with E-state index < -0.39 is 13.3 Å². The van der Waals surface area contributed by atoms with Crippen molar-refractivity contribution >= 4 is 72.3 Å². The van der Waals surface area contributed by atoms with Gasteiger partial charge in [0.2, 0.25) is 5.71 Å². The molecule has 5 nitrogen and oxygen atoms in total. The average Bonchev–Trinajstić information content (AvgIpc) is 3.87. The van der Waals surface area contributed by atoms with Crippen molar-refractivity contribution in [3.8, 4) is 39.6 Å². The quantitative estimate of drug-likeness (QED) is 0.0946. The van der Waals surface area contributed by atoms with E-state index in [2.05, 4.69) is 162 Å². The van der Waals surface area contributed by atoms with Crippen LogP contribution in [0.25, 0.3) is 94.2 Å². The van der Waals surface area contributed by atoms with E-state index in [1.807, 2.05) is 60.8 Å². The first-order valence-corrected chi connectivity index (χ1v) is 28.2. The molecule has 1 radical (unpaired) electrons. The second kappa shape index (κ2) is 16.9. The number of furan rings is 1. The van der Waals surface area contributed by atoms with Crippen molar-refractivity contribution in [1.82, 2.24) is 19.5 Å². The molecule has 0 aliphatic heterocycles. The molecule has 11 rings (SSSR count). The molecule has 0 spiro atoms. The predicted molar refractivity (Wildman–Crippen MR) is 256 cm³/mol. The van der Waals surface area contributed by atoms with Crippen molar-refractivity contribution in [2.45, 2.75) is 37.0 Å². The first-order valence-electron chi connectivity index (χ1n) is 20.9. The third kappa shape index (κ3) is 7.47. The number of rotatable bonds is 6. The molecule has 305 valence electrons. The van der Waals surface area contributed by atoms with Crippen LogP contribution in [-0.2, 0) is 20.1 Å². The van der Waals surface area contributed by atoms with Gasteiger partial charge in [0, 0.05) is 36.4 Å². The molecule has 4 heterocycles. The second-order valence-electron chi connectivity index (χ2n) is 16.8. The molecule has 0 aliphatic carbocycles. The Bertz CT molecular complexity index is 3370. The molecule has 7 aromatic carbocycles. The molecule has 62 heavy (non-hydrogen) atoms. The van der Waals surface area contributed by atoms with Gasteiger partial charge in [0.05, 0.1) is 33.8 Å². The summed E-state index contributed by atoms with van der Waals surface area (Å²) in [5.41, 5.74) is 10.6. The topological polar surface area (TPSA) is 56.7 Å². The maximum absolute atomic E-state index is 6.63. The molecule has 0 N–H and O–H groups in total. The molecule has 0 aliphatic rings. The number of imidazole rings is 1. The van der Waals surface area contributed by atoms with Gasteiger partial charge in [0.15, 0.2) is 0 Å². The maximum atomic E-state index is 6.63. The Morgan fingerprint density at radius 3 is 1.97 bits per heavy atom. The van der Waals surface area contributed by atoms with Crippen molar-refractivity contribution < 1.29 is 24.5 Å². The molecule has 0 atom stereocenters. The Kier molecular flexibility index (Phi) is 11.3. The van der Waals surface area contributed by atoms with E-state index in [-0.39, 0.29) is 26.0 Å². The minimum Gasteiger partial charge on any atom is 0 e. The van der Waals surface area contributed by atoms with Crippen molar-refractivity contribution in [1.29, 1.82) is 0 Å². The first kappa shape index (κ1) is 41.2. The van der Waals surface area contributed by atoms with Gasteiger partial charge in [0.25, 0.3) is 0 Å². The Hall–Kier alpha value is -6.18. The normalized spacial score (nSPS) is 11.6. The molecule has 0 saturated carbocycles. The third-order valence-electron chi connectivity index (χ3n) is 11.5. The number of benzene rings is 7. The minimum absolute atomic E-state index is 0. The molecule has 0 fully saturated rings. The van der Waals surface area contributed by atoms with E-state index in [9.17, 15) is 0 Å². The van der Waals surface area contributed by atoms with Gasteiger partial charge in [-0.05, 0) is 51.9 Å². The van der Waals surface area contributed by atoms with Crippen LogP contribution in [0.2, 0.25) is 17.3 Å². The number of hydrogen-bond donors (Lipinski definition) is 0. The molecular weight excluding hydrogens is 997 g/mol. The van der Waals surface area contributed by atoms with E-state index in [1.165, 1.54) is 31.5 Å². The summed E-state index contributed by atoms with van der Waals surface area (Å²) in [6.45, 7) is 4.56. The summed E-state index contributed by atoms with van der Waals surface area (Å²) in [7, 11) is 0. The van der Waals surface area contributed by atoms with E-state index in [4.69, 9.17) is 14.4 Å². The van der Waals surface area contributed by atoms with Crippen LogP contribution >= 0.6 is 0 Å². The summed E-state index contributed by atoms with van der Waals surface area (Å²) in [4.78, 5) is 14.8. The van der Waals surface area contributed by atoms with Crippen molar-refractivity contribution in [2.24, 2.45) is 0 Å². The van der Waals surface area contributed by atoms with Crippen molar-refractivity contribution in [2.75, 3.05) is 0 Å². The van der Waals surface area contributed by atoms with E-state index in [0.717, 1.165) is 67.0 Å². The summed E-state index contributed by atoms with van der Waals surface area (Å²) >= 11 is -1.72. The van der Waals surface area contributed by atoms with Gasteiger partial charge in [-0.3, -0.25) is 4.98 Å². The van der Waals surface area contributed by atoms with Crippen LogP contribution in [0, 0.1) is 12.1 Å². The molecule has 7 heteroatoms. The molecule has 0 unspecified atom stereocenters. The van der Waals surface area contributed by atoms with Gasteiger partial charge in [-0.15, -0.1) is 18.2 Å². The van der Waals surface area contributed by atoms with Crippen LogP contribution in [0.4, 0.5) is 0 Å². The van der Waals surface area contributed by atoms with Gasteiger partial charge < -0.3 is 8.98 Å². The molecule has 4 aromatic heterocycles. The number of nitrogens with zero attached hydrogens (tertiary/aromatic N) is 4. The largest absolute Gasteiger partial charge is 0 e. The standard InChI is InChI=1S/C41H28N3O.C14H16GeN.Ir/c1-25(2)37-29-17-8-6-15-27(29)28-16-7-9-18-30(28)38(37)44-36-22-11-10-21-35(36)42-40(44)33-20-12-19-31-32-23-24-34(26-13-4-3-5-14-26)43-41(32)45-39(31)33;1-15(2,3)13-9-10-14(16-11-13)12-7-5-4-6-8-12;/h3-19,21-25H,1-2H3;4-7,9-11H,1-3H3;/q2*-1;. The van der Waals surface area contributed by atoms with Gasteiger partial charge in [-0.2, -0.15) is 0 Å². The summed E-state index contributed by atoms with van der Waals surface area (Å²) in [5.74, 6) is 8.20. The Balaban J connectivity index is 0.000000244. The maximum Gasteiger partial charge on any atom is 0 e. The molecule has 0 amide bonds. The zero-order valence-electron chi connectivity index (χ0n) is 35.3. The number of para-hydroxylation sites is 2. The van der Waals surface area contributed by atoms with Crippen molar-refractivity contribution in [3.05, 3.63) is 188 Å². The summed E-state index contributed by atoms with van der Waals surface area (Å²) in [5, 5.41) is 6.90. The van der Waals surface area contributed by atoms with Crippen molar-refractivity contribution in [3.63, 3.8) is 0 Å². The van der Waals surface area contributed by atoms with Crippen LogP contribution in [0.1, 0.15) is 25.3 Å². The van der Waals surface area contributed by atoms with Crippen LogP contribution in [0.15, 0.2) is 174 Å². The van der Waals surface area contributed by atoms with Gasteiger partial charge >= 0.3 is 99.8 Å². The van der Waals surface area contributed by atoms with E-state index in [1.54, 1.807) is 0 Å². The monoisotopic (exact) mass is 1040 g/mol. The molecule has 11 aromatic rings. The predicted octanol–water partition coefficient (Wildman–Crippen LogP) is 14.0. The Morgan fingerprint density at radius 2 is 1.26 bits per heavy atom. The van der Waals surface area contributed by atoms with E-state index in [0.29, 0.717) is 5.71 Å². The van der Waals surface area contributed by atoms with E-state index >= 15 is 0 Å². The first-order chi connectivity index (χ1) is 29.7. The molecule has 0 bridgehead atoms. The van der Waals surface area contributed by atoms with Crippen LogP contribution in [0.3, 0.4) is 0 Å². The SMILES string of the molecule is CC(C)c1c(-n2c(-c3[c-]ccc4c3oc3nc(-c5ccccc5)ccc34)nc3ccccc32)c2ccccc2c2ccccc12.[CH3][Ge]([CH3])([CH3])[c]1ccc(-c2[c-]cccc2)nc1.[Ir]. The molecular formula is C55H44GeIrN4O-2. The van der Waals surface area contributed by atoms with Gasteiger partial charge in [-0.25, -0.2) is 4.98 Å². The number of aromatic nitrogens is 4. The van der Waals surface area contributed by atoms with Crippen LogP contribution < -0.4 is 4.40 Å². The Morgan fingerprint density at radius 1 is 0.581 bits per heavy atom. The van der Waals surface area contributed by atoms with Gasteiger partial charge in [0.1, 0.15) is 0 Å².